The van der Waals surface area contributed by atoms with Gasteiger partial charge in [-0.1, -0.05) is 31.1 Å². The zero-order chi connectivity index (χ0) is 14.6. The highest BCUT2D eigenvalue weighted by Gasteiger charge is 2.63. The van der Waals surface area contributed by atoms with E-state index in [0.29, 0.717) is 18.8 Å². The Morgan fingerprint density at radius 2 is 1.95 bits per heavy atom. The number of allylic oxidation sites excluding steroid dienone is 1. The summed E-state index contributed by atoms with van der Waals surface area (Å²) in [6.07, 6.45) is 7.14. The summed E-state index contributed by atoms with van der Waals surface area (Å²) in [6.45, 7) is 6.63. The molecule has 0 heterocycles. The van der Waals surface area contributed by atoms with Crippen LogP contribution in [0.2, 0.25) is 19.6 Å². The molecule has 0 saturated heterocycles. The zero-order valence-electron chi connectivity index (χ0n) is 12.8. The predicted molar refractivity (Wildman–Crippen MR) is 82.8 cm³/mol. The van der Waals surface area contributed by atoms with E-state index in [2.05, 4.69) is 31.1 Å². The van der Waals surface area contributed by atoms with Crippen molar-refractivity contribution in [2.45, 2.75) is 63.8 Å². The van der Waals surface area contributed by atoms with Crippen LogP contribution in [0.15, 0.2) is 11.6 Å². The van der Waals surface area contributed by atoms with Gasteiger partial charge in [0.15, 0.2) is 5.78 Å². The minimum atomic E-state index is -1.50. The number of hydrogen-bond acceptors (Lipinski definition) is 2. The lowest BCUT2D eigenvalue weighted by atomic mass is 9.63. The van der Waals surface area contributed by atoms with Crippen LogP contribution in [0, 0.1) is 22.8 Å². The van der Waals surface area contributed by atoms with Gasteiger partial charge in [-0.15, -0.1) is 5.54 Å². The maximum Gasteiger partial charge on any atom is 0.155 e. The summed E-state index contributed by atoms with van der Waals surface area (Å²) in [5, 5.41) is 11.3. The Bertz CT molecular complexity index is 542. The molecular weight excluding hydrogens is 264 g/mol. The van der Waals surface area contributed by atoms with Gasteiger partial charge in [-0.05, 0) is 44.1 Å². The Hall–Kier alpha value is -0.853. The first-order valence-corrected chi connectivity index (χ1v) is 11.3. The summed E-state index contributed by atoms with van der Waals surface area (Å²) in [7, 11) is -1.50. The lowest BCUT2D eigenvalue weighted by Gasteiger charge is -2.42. The van der Waals surface area contributed by atoms with Gasteiger partial charge in [0.05, 0.1) is 0 Å². The van der Waals surface area contributed by atoms with Crippen LogP contribution in [-0.2, 0) is 4.79 Å². The molecule has 108 valence electrons. The van der Waals surface area contributed by atoms with Crippen LogP contribution >= 0.6 is 0 Å². The molecule has 0 aromatic rings. The molecule has 2 nitrogen and oxygen atoms in total. The Morgan fingerprint density at radius 1 is 1.25 bits per heavy atom. The molecule has 0 aromatic heterocycles. The number of carbonyl (C=O) groups excluding carboxylic acids is 1. The van der Waals surface area contributed by atoms with E-state index in [1.165, 1.54) is 18.4 Å². The Morgan fingerprint density at radius 3 is 2.55 bits per heavy atom. The maximum absolute atomic E-state index is 11.7. The molecule has 0 amide bonds. The molecule has 3 heteroatoms. The fourth-order valence-electron chi connectivity index (χ4n) is 4.03. The number of aliphatic hydroxyl groups is 1. The molecule has 2 atom stereocenters. The van der Waals surface area contributed by atoms with Gasteiger partial charge < -0.3 is 5.11 Å². The molecule has 0 spiro atoms. The van der Waals surface area contributed by atoms with Crippen LogP contribution < -0.4 is 0 Å². The highest BCUT2D eigenvalue weighted by Crippen LogP contribution is 2.65. The van der Waals surface area contributed by atoms with E-state index in [1.807, 2.05) is 6.08 Å². The lowest BCUT2D eigenvalue weighted by molar-refractivity contribution is -0.117. The normalized spacial score (nSPS) is 37.0. The standard InChI is InChI=1S/C17H24O2Si/c1-20(2,3)11-10-16(19)8-6-14-12-15(18)7-9-17(14,16)13-4-5-13/h12-13,19H,4-9H2,1-3H3/t16-,17?/m1/s1. The molecule has 2 saturated carbocycles. The van der Waals surface area contributed by atoms with Crippen LogP contribution in [0.5, 0.6) is 0 Å². The molecule has 0 bridgehead atoms. The first kappa shape index (κ1) is 14.1. The van der Waals surface area contributed by atoms with Gasteiger partial charge in [-0.25, -0.2) is 0 Å². The number of fused-ring (bicyclic) bond motifs is 1. The number of rotatable bonds is 1. The van der Waals surface area contributed by atoms with Crippen molar-refractivity contribution < 1.29 is 9.90 Å². The van der Waals surface area contributed by atoms with Gasteiger partial charge in [-0.3, -0.25) is 4.79 Å². The van der Waals surface area contributed by atoms with Crippen molar-refractivity contribution in [3.05, 3.63) is 11.6 Å². The molecule has 1 N–H and O–H groups in total. The molecule has 0 aliphatic heterocycles. The summed E-state index contributed by atoms with van der Waals surface area (Å²) < 4.78 is 0. The second kappa shape index (κ2) is 4.32. The minimum absolute atomic E-state index is 0.201. The van der Waals surface area contributed by atoms with Crippen LogP contribution in [0.25, 0.3) is 0 Å². The van der Waals surface area contributed by atoms with Crippen molar-refractivity contribution in [3.8, 4) is 11.5 Å². The average Bonchev–Trinajstić information content (AvgIpc) is 3.14. The van der Waals surface area contributed by atoms with E-state index in [9.17, 15) is 9.90 Å². The number of ketones is 1. The van der Waals surface area contributed by atoms with Gasteiger partial charge >= 0.3 is 0 Å². The van der Waals surface area contributed by atoms with Crippen LogP contribution in [0.4, 0.5) is 0 Å². The molecule has 3 rings (SSSR count). The Balaban J connectivity index is 2.05. The smallest absolute Gasteiger partial charge is 0.155 e. The van der Waals surface area contributed by atoms with Crippen molar-refractivity contribution >= 4 is 13.9 Å². The second-order valence-corrected chi connectivity index (χ2v) is 12.5. The molecular formula is C17H24O2Si. The van der Waals surface area contributed by atoms with Crippen LogP contribution in [0.3, 0.4) is 0 Å². The monoisotopic (exact) mass is 288 g/mol. The summed E-state index contributed by atoms with van der Waals surface area (Å²) in [5.41, 5.74) is 3.49. The van der Waals surface area contributed by atoms with E-state index in [-0.39, 0.29) is 11.2 Å². The summed E-state index contributed by atoms with van der Waals surface area (Å²) in [4.78, 5) is 11.7. The molecule has 3 aliphatic rings. The van der Waals surface area contributed by atoms with Gasteiger partial charge in [0.25, 0.3) is 0 Å². The van der Waals surface area contributed by atoms with Crippen molar-refractivity contribution in [3.63, 3.8) is 0 Å². The van der Waals surface area contributed by atoms with Crippen molar-refractivity contribution in [1.82, 2.24) is 0 Å². The van der Waals surface area contributed by atoms with Crippen molar-refractivity contribution in [2.75, 3.05) is 0 Å². The largest absolute Gasteiger partial charge is 0.377 e. The highest BCUT2D eigenvalue weighted by atomic mass is 28.3. The molecule has 2 fully saturated rings. The fraction of sp³-hybridized carbons (Fsp3) is 0.706. The SMILES string of the molecule is C[Si](C)(C)C#C[C@]1(O)CCC2=CC(=O)CCC21C1CC1. The predicted octanol–water partition coefficient (Wildman–Crippen LogP) is 3.08. The highest BCUT2D eigenvalue weighted by molar-refractivity contribution is 6.83. The van der Waals surface area contributed by atoms with E-state index in [0.717, 1.165) is 12.8 Å². The topological polar surface area (TPSA) is 37.3 Å². The quantitative estimate of drug-likeness (QED) is 0.595. The second-order valence-electron chi connectivity index (χ2n) is 7.74. The molecule has 20 heavy (non-hydrogen) atoms. The van der Waals surface area contributed by atoms with E-state index < -0.39 is 13.7 Å². The molecule has 0 radical (unpaired) electrons. The lowest BCUT2D eigenvalue weighted by Crippen LogP contribution is -2.47. The van der Waals surface area contributed by atoms with Gasteiger partial charge in [0.2, 0.25) is 0 Å². The summed E-state index contributed by atoms with van der Waals surface area (Å²) in [5.74, 6) is 4.07. The Labute approximate surface area is 122 Å². The molecule has 3 aliphatic carbocycles. The first-order chi connectivity index (χ1) is 9.27. The average molecular weight is 288 g/mol. The molecule has 1 unspecified atom stereocenters. The summed E-state index contributed by atoms with van der Waals surface area (Å²) >= 11 is 0. The first-order valence-electron chi connectivity index (χ1n) is 7.77. The molecule has 0 aromatic carbocycles. The van der Waals surface area contributed by atoms with E-state index in [1.54, 1.807) is 0 Å². The van der Waals surface area contributed by atoms with Gasteiger partial charge in [0, 0.05) is 11.8 Å². The van der Waals surface area contributed by atoms with Gasteiger partial charge in [0.1, 0.15) is 13.7 Å². The number of carbonyl (C=O) groups is 1. The van der Waals surface area contributed by atoms with Crippen LogP contribution in [-0.4, -0.2) is 24.6 Å². The maximum atomic E-state index is 11.7. The Kier molecular flexibility index (Phi) is 3.04. The van der Waals surface area contributed by atoms with Crippen molar-refractivity contribution in [1.29, 1.82) is 0 Å². The third-order valence-electron chi connectivity index (χ3n) is 5.09. The third-order valence-corrected chi connectivity index (χ3v) is 5.96. The summed E-state index contributed by atoms with van der Waals surface area (Å²) in [6, 6.07) is 0. The fourth-order valence-corrected chi connectivity index (χ4v) is 4.61. The van der Waals surface area contributed by atoms with E-state index in [4.69, 9.17) is 0 Å². The third kappa shape index (κ3) is 2.10. The minimum Gasteiger partial charge on any atom is -0.377 e. The van der Waals surface area contributed by atoms with Gasteiger partial charge in [-0.2, -0.15) is 0 Å². The van der Waals surface area contributed by atoms with Crippen LogP contribution in [0.1, 0.15) is 38.5 Å². The van der Waals surface area contributed by atoms with E-state index >= 15 is 0 Å². The zero-order valence-corrected chi connectivity index (χ0v) is 13.8. The number of hydrogen-bond donors (Lipinski definition) is 1. The van der Waals surface area contributed by atoms with Crippen molar-refractivity contribution in [2.24, 2.45) is 11.3 Å².